The molecule has 4 saturated carbocycles. The van der Waals surface area contributed by atoms with Crippen LogP contribution in [0.1, 0.15) is 249 Å². The lowest BCUT2D eigenvalue weighted by molar-refractivity contribution is -0.00514. The highest BCUT2D eigenvalue weighted by Crippen LogP contribution is 2.64. The second kappa shape index (κ2) is 16.1. The molecule has 83 heavy (non-hydrogen) atoms. The van der Waals surface area contributed by atoms with Crippen LogP contribution in [0.3, 0.4) is 0 Å². The topological polar surface area (TPSA) is 6.48 Å². The number of nitrogens with zero attached hydrogens (tertiary/aromatic N) is 2. The van der Waals surface area contributed by atoms with E-state index < -0.39 is 0 Å². The van der Waals surface area contributed by atoms with Crippen molar-refractivity contribution in [3.8, 4) is 11.1 Å². The fourth-order valence-electron chi connectivity index (χ4n) is 20.8. The summed E-state index contributed by atoms with van der Waals surface area (Å²) in [6, 6.07) is 40.3. The molecule has 18 rings (SSSR count). The number of rotatable bonds is 2. The zero-order chi connectivity index (χ0) is 57.5. The van der Waals surface area contributed by atoms with Crippen LogP contribution in [0, 0.1) is 17.8 Å². The van der Waals surface area contributed by atoms with E-state index in [2.05, 4.69) is 216 Å². The first kappa shape index (κ1) is 52.3. The van der Waals surface area contributed by atoms with Crippen molar-refractivity contribution >= 4 is 78.0 Å². The minimum atomic E-state index is -0.138. The Morgan fingerprint density at radius 2 is 0.928 bits per heavy atom. The van der Waals surface area contributed by atoms with Crippen molar-refractivity contribution in [2.45, 2.75) is 242 Å². The standard InChI is InChI=1S/C79H91BN2S/c1-71(2)21-22-72(3,4)55-35-51(19-20-54(55)71)81-65-33-50(79-42-45-29-46(43-79)31-47(30-45)44-79)34-66-68(65)80(70-69(81)53-37-57-60(41-67(53)83-70)76(11,12)26-24-74(57,7)8)62-38-58-61-40-64(62)82(66)63-39-59-56(73(5,6)23-25-75(59,9)10)36-52(63)48-17-16-18-49(32-48)78(61,15)28-27-77(58,13)14/h16-20,32-41,45-47H,21-31,42-44H2,1-15H3. The van der Waals surface area contributed by atoms with E-state index in [4.69, 9.17) is 0 Å². The van der Waals surface area contributed by atoms with Crippen LogP contribution in [0.25, 0.3) is 21.2 Å². The molecular formula is C79H91BN2S. The Kier molecular flexibility index (Phi) is 10.2. The Bertz CT molecular complexity index is 4020. The Hall–Kier alpha value is -5.06. The van der Waals surface area contributed by atoms with Crippen molar-refractivity contribution in [1.82, 2.24) is 0 Å². The molecule has 1 aromatic heterocycles. The van der Waals surface area contributed by atoms with E-state index in [1.807, 2.05) is 0 Å². The third-order valence-corrected chi connectivity index (χ3v) is 27.3. The molecule has 0 saturated heterocycles. The van der Waals surface area contributed by atoms with Gasteiger partial charge in [0.25, 0.3) is 6.71 Å². The summed E-state index contributed by atoms with van der Waals surface area (Å²) in [6.45, 7) is 38.3. The van der Waals surface area contributed by atoms with Gasteiger partial charge in [0.1, 0.15) is 0 Å². The van der Waals surface area contributed by atoms with Gasteiger partial charge in [0, 0.05) is 48.6 Å². The van der Waals surface area contributed by atoms with Gasteiger partial charge in [-0.2, -0.15) is 0 Å². The van der Waals surface area contributed by atoms with Crippen LogP contribution in [-0.2, 0) is 48.7 Å². The predicted molar refractivity (Wildman–Crippen MR) is 356 cm³/mol. The molecule has 8 bridgehead atoms. The van der Waals surface area contributed by atoms with Crippen molar-refractivity contribution in [1.29, 1.82) is 0 Å². The van der Waals surface area contributed by atoms with Crippen LogP contribution in [0.4, 0.5) is 34.1 Å². The van der Waals surface area contributed by atoms with Crippen LogP contribution in [0.2, 0.25) is 0 Å². The van der Waals surface area contributed by atoms with E-state index in [-0.39, 0.29) is 55.4 Å². The summed E-state index contributed by atoms with van der Waals surface area (Å²) < 4.78 is 3.00. The maximum atomic E-state index is 2.95. The second-order valence-electron chi connectivity index (χ2n) is 34.6. The molecule has 4 heterocycles. The minimum absolute atomic E-state index is 0.0120. The van der Waals surface area contributed by atoms with E-state index in [1.54, 1.807) is 50.1 Å². The number of benzene rings is 6. The summed E-state index contributed by atoms with van der Waals surface area (Å²) in [5, 5.41) is 1.46. The minimum Gasteiger partial charge on any atom is -0.311 e. The molecule has 6 aromatic carbocycles. The molecule has 426 valence electrons. The normalized spacial score (nSPS) is 29.0. The van der Waals surface area contributed by atoms with Crippen molar-refractivity contribution in [3.05, 3.63) is 147 Å². The van der Waals surface area contributed by atoms with Gasteiger partial charge in [0.2, 0.25) is 0 Å². The summed E-state index contributed by atoms with van der Waals surface area (Å²) in [6.07, 6.45) is 17.9. The third-order valence-electron chi connectivity index (χ3n) is 26.1. The Morgan fingerprint density at radius 1 is 0.422 bits per heavy atom. The number of fused-ring (bicyclic) bond motifs is 15. The number of anilines is 6. The lowest BCUT2D eigenvalue weighted by Gasteiger charge is -2.57. The van der Waals surface area contributed by atoms with Crippen LogP contribution in [-0.4, -0.2) is 6.71 Å². The molecule has 4 heteroatoms. The van der Waals surface area contributed by atoms with E-state index in [0.29, 0.717) is 0 Å². The predicted octanol–water partition coefficient (Wildman–Crippen LogP) is 19.9. The second-order valence-corrected chi connectivity index (χ2v) is 35.7. The molecule has 2 nitrogen and oxygen atoms in total. The molecular weight excluding hydrogens is 1020 g/mol. The lowest BCUT2D eigenvalue weighted by atomic mass is 9.35. The Balaban J connectivity index is 1.05. The summed E-state index contributed by atoms with van der Waals surface area (Å²) >= 11 is 2.15. The zero-order valence-electron chi connectivity index (χ0n) is 53.2. The largest absolute Gasteiger partial charge is 0.311 e. The van der Waals surface area contributed by atoms with Crippen molar-refractivity contribution in [2.24, 2.45) is 17.8 Å². The molecule has 0 amide bonds. The third kappa shape index (κ3) is 6.97. The van der Waals surface area contributed by atoms with E-state index in [9.17, 15) is 0 Å². The highest BCUT2D eigenvalue weighted by molar-refractivity contribution is 7.33. The fourth-order valence-corrected chi connectivity index (χ4v) is 22.1. The van der Waals surface area contributed by atoms with Crippen LogP contribution < -0.4 is 25.5 Å². The van der Waals surface area contributed by atoms with Gasteiger partial charge in [0.05, 0.1) is 11.4 Å². The quantitative estimate of drug-likeness (QED) is 0.159. The average molecular weight is 1110 g/mol. The van der Waals surface area contributed by atoms with Crippen molar-refractivity contribution in [2.75, 3.05) is 9.80 Å². The van der Waals surface area contributed by atoms with E-state index in [1.165, 1.54) is 154 Å². The molecule has 1 atom stereocenters. The van der Waals surface area contributed by atoms with Gasteiger partial charge in [-0.15, -0.1) is 11.3 Å². The molecule has 3 aliphatic heterocycles. The smallest absolute Gasteiger partial charge is 0.264 e. The number of thiophene rings is 1. The first-order chi connectivity index (χ1) is 39.1. The van der Waals surface area contributed by atoms with Gasteiger partial charge >= 0.3 is 0 Å². The van der Waals surface area contributed by atoms with Gasteiger partial charge < -0.3 is 9.80 Å². The first-order valence-electron chi connectivity index (χ1n) is 33.1. The van der Waals surface area contributed by atoms with Crippen molar-refractivity contribution in [3.63, 3.8) is 0 Å². The monoisotopic (exact) mass is 1110 g/mol. The Labute approximate surface area is 502 Å². The SMILES string of the molecule is CC1(C)CCC(C)(C)c2cc(N3c4cc(C56CC7CC(CC(C7)C5)C6)cc5c4B(c4cc6c7cc4N5c4cc5c(cc4-c4cccc(c4)C7(C)CCC6(C)C)C(C)(C)CCC5(C)C)c4sc5cc6c(cc5c43)C(C)(C)CCC6(C)C)ccc21. The Morgan fingerprint density at radius 3 is 1.54 bits per heavy atom. The highest BCUT2D eigenvalue weighted by atomic mass is 32.1. The first-order valence-corrected chi connectivity index (χ1v) is 33.9. The number of hydrogen-bond acceptors (Lipinski definition) is 3. The molecule has 11 aliphatic rings. The van der Waals surface area contributed by atoms with Crippen LogP contribution >= 0.6 is 11.3 Å². The fraction of sp³-hybridized carbons (Fsp3) is 0.519. The van der Waals surface area contributed by atoms with Gasteiger partial charge in [-0.3, -0.25) is 0 Å². The highest BCUT2D eigenvalue weighted by Gasteiger charge is 2.55. The lowest BCUT2D eigenvalue weighted by Crippen LogP contribution is -2.61. The molecule has 8 aliphatic carbocycles. The molecule has 0 N–H and O–H groups in total. The maximum Gasteiger partial charge on any atom is 0.264 e. The summed E-state index contributed by atoms with van der Waals surface area (Å²) in [5.74, 6) is 2.51. The van der Waals surface area contributed by atoms with Gasteiger partial charge in [-0.1, -0.05) is 140 Å². The molecule has 7 aromatic rings. The van der Waals surface area contributed by atoms with Crippen molar-refractivity contribution < 1.29 is 0 Å². The summed E-state index contributed by atoms with van der Waals surface area (Å²) in [7, 11) is 0. The number of hydrogen-bond donors (Lipinski definition) is 0. The van der Waals surface area contributed by atoms with E-state index >= 15 is 0 Å². The molecule has 1 unspecified atom stereocenters. The zero-order valence-corrected chi connectivity index (χ0v) is 54.0. The van der Waals surface area contributed by atoms with Gasteiger partial charge in [0.15, 0.2) is 0 Å². The average Bonchev–Trinajstić information content (AvgIpc) is 1.74. The van der Waals surface area contributed by atoms with Crippen LogP contribution in [0.5, 0.6) is 0 Å². The molecule has 0 radical (unpaired) electrons. The molecule has 4 fully saturated rings. The van der Waals surface area contributed by atoms with E-state index in [0.717, 1.165) is 30.6 Å². The summed E-state index contributed by atoms with van der Waals surface area (Å²) in [5.41, 5.74) is 30.4. The van der Waals surface area contributed by atoms with Gasteiger partial charge in [-0.25, -0.2) is 0 Å². The summed E-state index contributed by atoms with van der Waals surface area (Å²) in [4.78, 5) is 5.87. The van der Waals surface area contributed by atoms with Gasteiger partial charge in [-0.05, 0) is 278 Å². The van der Waals surface area contributed by atoms with Crippen LogP contribution in [0.15, 0.2) is 91.0 Å². The molecule has 0 spiro atoms. The maximum absolute atomic E-state index is 2.95.